The molecule has 6 nitrogen and oxygen atoms in total. The fourth-order valence-electron chi connectivity index (χ4n) is 3.07. The Bertz CT molecular complexity index is 914. The summed E-state index contributed by atoms with van der Waals surface area (Å²) < 4.78 is 21.6. The second kappa shape index (κ2) is 9.28. The van der Waals surface area contributed by atoms with E-state index in [4.69, 9.17) is 18.9 Å². The molecule has 29 heavy (non-hydrogen) atoms. The summed E-state index contributed by atoms with van der Waals surface area (Å²) in [5.41, 5.74) is 2.26. The maximum Gasteiger partial charge on any atom is 0.331 e. The van der Waals surface area contributed by atoms with E-state index in [1.54, 1.807) is 37.5 Å². The van der Waals surface area contributed by atoms with E-state index in [2.05, 4.69) is 0 Å². The number of methoxy groups -OCH3 is 1. The van der Waals surface area contributed by atoms with Crippen LogP contribution in [0.2, 0.25) is 0 Å². The Morgan fingerprint density at radius 1 is 1.21 bits per heavy atom. The third-order valence-corrected chi connectivity index (χ3v) is 4.48. The minimum atomic E-state index is -0.607. The first-order valence-corrected chi connectivity index (χ1v) is 9.48. The van der Waals surface area contributed by atoms with Crippen LogP contribution in [-0.4, -0.2) is 38.2 Å². The molecule has 0 fully saturated rings. The monoisotopic (exact) mass is 396 g/mol. The van der Waals surface area contributed by atoms with Gasteiger partial charge in [-0.3, -0.25) is 4.79 Å². The smallest absolute Gasteiger partial charge is 0.331 e. The zero-order valence-electron chi connectivity index (χ0n) is 16.8. The molecular formula is C23H24O6. The molecule has 1 atom stereocenters. The van der Waals surface area contributed by atoms with Crippen molar-refractivity contribution >= 4 is 17.8 Å². The van der Waals surface area contributed by atoms with E-state index in [1.165, 1.54) is 6.08 Å². The first-order chi connectivity index (χ1) is 14.0. The number of rotatable bonds is 8. The number of carbonyl (C=O) groups is 2. The molecule has 1 aliphatic heterocycles. The summed E-state index contributed by atoms with van der Waals surface area (Å²) >= 11 is 0. The highest BCUT2D eigenvalue weighted by Gasteiger charge is 2.21. The highest BCUT2D eigenvalue weighted by atomic mass is 16.5. The Hall–Kier alpha value is -3.28. The van der Waals surface area contributed by atoms with Gasteiger partial charge in [0.05, 0.1) is 13.7 Å². The first-order valence-electron chi connectivity index (χ1n) is 9.48. The quantitative estimate of drug-likeness (QED) is 0.383. The van der Waals surface area contributed by atoms with E-state index in [0.29, 0.717) is 23.7 Å². The number of esters is 1. The molecule has 0 radical (unpaired) electrons. The Balaban J connectivity index is 1.62. The Morgan fingerprint density at radius 2 is 1.97 bits per heavy atom. The number of Topliss-reactive ketones (excluding diaryl/α,β-unsaturated/α-hetero) is 1. The molecule has 0 aliphatic carbocycles. The van der Waals surface area contributed by atoms with Gasteiger partial charge in [0, 0.05) is 29.2 Å². The van der Waals surface area contributed by atoms with Gasteiger partial charge in [0.15, 0.2) is 12.4 Å². The molecule has 0 bridgehead atoms. The first kappa shape index (κ1) is 20.5. The molecule has 1 aliphatic rings. The Morgan fingerprint density at radius 3 is 2.66 bits per heavy atom. The van der Waals surface area contributed by atoms with Gasteiger partial charge in [-0.1, -0.05) is 0 Å². The van der Waals surface area contributed by atoms with Crippen LogP contribution in [0.15, 0.2) is 42.5 Å². The van der Waals surface area contributed by atoms with Gasteiger partial charge in [0.2, 0.25) is 0 Å². The Kier molecular flexibility index (Phi) is 6.54. The van der Waals surface area contributed by atoms with Crippen LogP contribution in [0.25, 0.3) is 6.08 Å². The summed E-state index contributed by atoms with van der Waals surface area (Å²) in [4.78, 5) is 24.2. The Labute approximate surface area is 170 Å². The van der Waals surface area contributed by atoms with Gasteiger partial charge in [-0.05, 0) is 56.3 Å². The third kappa shape index (κ3) is 5.16. The summed E-state index contributed by atoms with van der Waals surface area (Å²) in [6, 6.07) is 10.4. The number of benzene rings is 2. The van der Waals surface area contributed by atoms with E-state index in [1.807, 2.05) is 26.0 Å². The van der Waals surface area contributed by atoms with Crippen LogP contribution in [0.5, 0.6) is 17.2 Å². The maximum absolute atomic E-state index is 12.1. The normalized spacial score (nSPS) is 14.9. The molecule has 0 unspecified atom stereocenters. The van der Waals surface area contributed by atoms with Crippen molar-refractivity contribution in [1.29, 1.82) is 0 Å². The minimum Gasteiger partial charge on any atom is -0.497 e. The number of ketones is 1. The van der Waals surface area contributed by atoms with Crippen molar-refractivity contribution in [3.63, 3.8) is 0 Å². The van der Waals surface area contributed by atoms with E-state index in [9.17, 15) is 9.59 Å². The zero-order chi connectivity index (χ0) is 20.8. The second-order valence-electron chi connectivity index (χ2n) is 6.66. The average Bonchev–Trinajstić information content (AvgIpc) is 3.09. The summed E-state index contributed by atoms with van der Waals surface area (Å²) in [6.45, 7) is 4.08. The molecular weight excluding hydrogens is 372 g/mol. The molecule has 0 aromatic heterocycles. The van der Waals surface area contributed by atoms with Gasteiger partial charge in [-0.2, -0.15) is 0 Å². The average molecular weight is 396 g/mol. The van der Waals surface area contributed by atoms with Gasteiger partial charge in [-0.25, -0.2) is 4.79 Å². The third-order valence-electron chi connectivity index (χ3n) is 4.48. The zero-order valence-corrected chi connectivity index (χ0v) is 16.8. The highest BCUT2D eigenvalue weighted by Crippen LogP contribution is 2.35. The predicted octanol–water partition coefficient (Wildman–Crippen LogP) is 3.86. The van der Waals surface area contributed by atoms with Crippen molar-refractivity contribution < 1.29 is 28.5 Å². The fourth-order valence-corrected chi connectivity index (χ4v) is 3.07. The van der Waals surface area contributed by atoms with Crippen LogP contribution in [-0.2, 0) is 16.0 Å². The van der Waals surface area contributed by atoms with Crippen molar-refractivity contribution in [2.45, 2.75) is 26.4 Å². The summed E-state index contributed by atoms with van der Waals surface area (Å²) in [7, 11) is 1.55. The molecule has 1 heterocycles. The molecule has 152 valence electrons. The van der Waals surface area contributed by atoms with Crippen molar-refractivity contribution in [3.05, 3.63) is 59.2 Å². The lowest BCUT2D eigenvalue weighted by atomic mass is 10.1. The number of hydrogen-bond donors (Lipinski definition) is 0. The fraction of sp³-hybridized carbons (Fsp3) is 0.304. The van der Waals surface area contributed by atoms with Gasteiger partial charge in [-0.15, -0.1) is 0 Å². The number of carbonyl (C=O) groups excluding carboxylic acids is 2. The van der Waals surface area contributed by atoms with Crippen LogP contribution in [0.1, 0.15) is 35.3 Å². The van der Waals surface area contributed by atoms with E-state index < -0.39 is 5.97 Å². The van der Waals surface area contributed by atoms with Crippen LogP contribution in [0.3, 0.4) is 0 Å². The molecule has 3 rings (SSSR count). The van der Waals surface area contributed by atoms with Crippen molar-refractivity contribution in [3.8, 4) is 17.2 Å². The SMILES string of the molecule is CCOc1cc2c(cc1/C=C/C(=O)OCC(=O)c1ccc(OC)cc1)O[C@@H](C)C2. The number of fused-ring (bicyclic) bond motifs is 1. The molecule has 2 aromatic carbocycles. The lowest BCUT2D eigenvalue weighted by molar-refractivity contribution is -0.136. The number of ether oxygens (including phenoxy) is 4. The molecule has 0 amide bonds. The maximum atomic E-state index is 12.1. The lowest BCUT2D eigenvalue weighted by Crippen LogP contribution is -2.12. The lowest BCUT2D eigenvalue weighted by Gasteiger charge is -2.10. The molecule has 6 heteroatoms. The van der Waals surface area contributed by atoms with Crippen molar-refractivity contribution in [1.82, 2.24) is 0 Å². The van der Waals surface area contributed by atoms with E-state index in [-0.39, 0.29) is 18.5 Å². The van der Waals surface area contributed by atoms with Crippen LogP contribution in [0, 0.1) is 0 Å². The molecule has 0 N–H and O–H groups in total. The van der Waals surface area contributed by atoms with Gasteiger partial charge in [0.1, 0.15) is 23.4 Å². The molecule has 0 saturated heterocycles. The van der Waals surface area contributed by atoms with Crippen molar-refractivity contribution in [2.75, 3.05) is 20.3 Å². The van der Waals surface area contributed by atoms with E-state index in [0.717, 1.165) is 23.3 Å². The highest BCUT2D eigenvalue weighted by molar-refractivity contribution is 5.99. The summed E-state index contributed by atoms with van der Waals surface area (Å²) in [6.07, 6.45) is 3.84. The van der Waals surface area contributed by atoms with Crippen LogP contribution in [0.4, 0.5) is 0 Å². The standard InChI is InChI=1S/C23H24O6/c1-4-27-21-13-18-11-15(2)29-22(18)12-17(21)7-10-23(25)28-14-20(24)16-5-8-19(26-3)9-6-16/h5-10,12-13,15H,4,11,14H2,1-3H3/b10-7+/t15-/m0/s1. The topological polar surface area (TPSA) is 71.1 Å². The molecule has 0 saturated carbocycles. The number of hydrogen-bond acceptors (Lipinski definition) is 6. The van der Waals surface area contributed by atoms with Gasteiger partial charge in [0.25, 0.3) is 0 Å². The van der Waals surface area contributed by atoms with E-state index >= 15 is 0 Å². The van der Waals surface area contributed by atoms with Crippen LogP contribution >= 0.6 is 0 Å². The van der Waals surface area contributed by atoms with Crippen LogP contribution < -0.4 is 14.2 Å². The van der Waals surface area contributed by atoms with Gasteiger partial charge < -0.3 is 18.9 Å². The van der Waals surface area contributed by atoms with Gasteiger partial charge >= 0.3 is 5.97 Å². The summed E-state index contributed by atoms with van der Waals surface area (Å²) in [5.74, 6) is 1.23. The second-order valence-corrected chi connectivity index (χ2v) is 6.66. The predicted molar refractivity (Wildman–Crippen MR) is 109 cm³/mol. The van der Waals surface area contributed by atoms with Crippen molar-refractivity contribution in [2.24, 2.45) is 0 Å². The summed E-state index contributed by atoms with van der Waals surface area (Å²) in [5, 5.41) is 0. The minimum absolute atomic E-state index is 0.118. The molecule has 0 spiro atoms. The molecule has 2 aromatic rings. The largest absolute Gasteiger partial charge is 0.497 e.